The van der Waals surface area contributed by atoms with Crippen LogP contribution in [0.2, 0.25) is 0 Å². The van der Waals surface area contributed by atoms with Crippen LogP contribution in [0.1, 0.15) is 36.1 Å². The number of amides is 2. The van der Waals surface area contributed by atoms with E-state index < -0.39 is 0 Å². The van der Waals surface area contributed by atoms with E-state index in [2.05, 4.69) is 15.6 Å². The summed E-state index contributed by atoms with van der Waals surface area (Å²) >= 11 is 1.59. The number of hydrogen-bond donors (Lipinski definition) is 2. The molecule has 0 radical (unpaired) electrons. The van der Waals surface area contributed by atoms with E-state index in [0.717, 1.165) is 36.1 Å². The average molecular weight is 483 g/mol. The van der Waals surface area contributed by atoms with Crippen molar-refractivity contribution in [1.29, 1.82) is 0 Å². The molecule has 0 atom stereocenters. The average Bonchev–Trinajstić information content (AvgIpc) is 3.23. The van der Waals surface area contributed by atoms with Gasteiger partial charge in [-0.15, -0.1) is 11.3 Å². The summed E-state index contributed by atoms with van der Waals surface area (Å²) in [6, 6.07) is 5.27. The maximum absolute atomic E-state index is 13.0. The smallest absolute Gasteiger partial charge is 0.262 e. The molecular formula is C24H26N4O5S. The zero-order valence-electron chi connectivity index (χ0n) is 18.7. The monoisotopic (exact) mass is 482 g/mol. The highest BCUT2D eigenvalue weighted by Gasteiger charge is 2.20. The molecular weight excluding hydrogens is 456 g/mol. The second kappa shape index (κ2) is 9.84. The number of aryl methyl sites for hydroxylation is 2. The molecule has 1 aromatic carbocycles. The topological polar surface area (TPSA) is 112 Å². The number of thiophene rings is 1. The first-order chi connectivity index (χ1) is 16.6. The van der Waals surface area contributed by atoms with Crippen LogP contribution in [-0.4, -0.2) is 41.1 Å². The normalized spacial score (nSPS) is 14.5. The van der Waals surface area contributed by atoms with Crippen LogP contribution >= 0.6 is 11.3 Å². The first-order valence-electron chi connectivity index (χ1n) is 11.5. The zero-order chi connectivity index (χ0) is 23.5. The largest absolute Gasteiger partial charge is 0.486 e. The maximum atomic E-state index is 13.0. The van der Waals surface area contributed by atoms with Crippen molar-refractivity contribution in [3.05, 3.63) is 45.3 Å². The molecule has 3 aromatic rings. The third-order valence-corrected chi connectivity index (χ3v) is 7.18. The van der Waals surface area contributed by atoms with Crippen molar-refractivity contribution in [2.75, 3.05) is 25.1 Å². The number of aromatic nitrogens is 2. The number of benzene rings is 1. The Morgan fingerprint density at radius 2 is 1.91 bits per heavy atom. The number of nitrogens with one attached hydrogen (secondary N) is 2. The van der Waals surface area contributed by atoms with Gasteiger partial charge in [0.05, 0.1) is 11.7 Å². The second-order valence-electron chi connectivity index (χ2n) is 8.43. The zero-order valence-corrected chi connectivity index (χ0v) is 19.5. The summed E-state index contributed by atoms with van der Waals surface area (Å²) in [5.41, 5.74) is 1.59. The van der Waals surface area contributed by atoms with E-state index in [0.29, 0.717) is 48.8 Å². The van der Waals surface area contributed by atoms with E-state index in [1.54, 1.807) is 29.5 Å². The molecule has 0 fully saturated rings. The van der Waals surface area contributed by atoms with Crippen molar-refractivity contribution in [3.8, 4) is 11.5 Å². The fourth-order valence-electron chi connectivity index (χ4n) is 4.33. The number of rotatable bonds is 7. The molecule has 2 amide bonds. The number of ether oxygens (including phenoxy) is 2. The summed E-state index contributed by atoms with van der Waals surface area (Å²) in [4.78, 5) is 44.0. The van der Waals surface area contributed by atoms with Gasteiger partial charge in [-0.2, -0.15) is 0 Å². The van der Waals surface area contributed by atoms with E-state index in [1.807, 2.05) is 0 Å². The highest BCUT2D eigenvalue weighted by atomic mass is 32.1. The highest BCUT2D eigenvalue weighted by molar-refractivity contribution is 7.18. The van der Waals surface area contributed by atoms with Gasteiger partial charge < -0.3 is 20.1 Å². The summed E-state index contributed by atoms with van der Waals surface area (Å²) in [6.45, 7) is 1.25. The molecule has 0 saturated heterocycles. The SMILES string of the molecule is O=C(Cn1cnc2sc3c(c2c1=O)CCCC3)NCCCC(=O)Nc1ccc2c(c1)OCCO2. The minimum Gasteiger partial charge on any atom is -0.486 e. The van der Waals surface area contributed by atoms with E-state index in [-0.39, 0.29) is 30.3 Å². The lowest BCUT2D eigenvalue weighted by Crippen LogP contribution is -2.33. The number of hydrogen-bond acceptors (Lipinski definition) is 7. The number of carbonyl (C=O) groups excluding carboxylic acids is 2. The van der Waals surface area contributed by atoms with Crippen LogP contribution in [-0.2, 0) is 29.0 Å². The van der Waals surface area contributed by atoms with Gasteiger partial charge in [0.15, 0.2) is 11.5 Å². The molecule has 0 bridgehead atoms. The third-order valence-electron chi connectivity index (χ3n) is 5.98. The standard InChI is InChI=1S/C24H26N4O5S/c29-20(27-15-7-8-17-18(12-15)33-11-10-32-17)6-3-9-25-21(30)13-28-14-26-23-22(24(28)31)16-4-1-2-5-19(16)34-23/h7-8,12,14H,1-6,9-11,13H2,(H,25,30)(H,27,29). The number of nitrogens with zero attached hydrogens (tertiary/aromatic N) is 2. The summed E-state index contributed by atoms with van der Waals surface area (Å²) in [7, 11) is 0. The summed E-state index contributed by atoms with van der Waals surface area (Å²) in [6.07, 6.45) is 6.30. The maximum Gasteiger partial charge on any atom is 0.262 e. The highest BCUT2D eigenvalue weighted by Crippen LogP contribution is 2.34. The molecule has 1 aliphatic heterocycles. The Balaban J connectivity index is 1.10. The fourth-order valence-corrected chi connectivity index (χ4v) is 5.55. The lowest BCUT2D eigenvalue weighted by atomic mass is 9.97. The molecule has 2 N–H and O–H groups in total. The molecule has 3 heterocycles. The quantitative estimate of drug-likeness (QED) is 0.501. The van der Waals surface area contributed by atoms with Gasteiger partial charge in [-0.1, -0.05) is 0 Å². The van der Waals surface area contributed by atoms with Gasteiger partial charge in [0.2, 0.25) is 11.8 Å². The van der Waals surface area contributed by atoms with Crippen molar-refractivity contribution in [3.63, 3.8) is 0 Å². The van der Waals surface area contributed by atoms with Crippen molar-refractivity contribution < 1.29 is 19.1 Å². The number of carbonyl (C=O) groups is 2. The van der Waals surface area contributed by atoms with Gasteiger partial charge >= 0.3 is 0 Å². The van der Waals surface area contributed by atoms with Gasteiger partial charge in [0.25, 0.3) is 5.56 Å². The Hall–Kier alpha value is -3.40. The molecule has 9 nitrogen and oxygen atoms in total. The van der Waals surface area contributed by atoms with Crippen LogP contribution in [0.5, 0.6) is 11.5 Å². The van der Waals surface area contributed by atoms with E-state index in [1.165, 1.54) is 15.8 Å². The van der Waals surface area contributed by atoms with Crippen molar-refractivity contribution in [1.82, 2.24) is 14.9 Å². The third kappa shape index (κ3) is 4.77. The van der Waals surface area contributed by atoms with E-state index >= 15 is 0 Å². The predicted octanol–water partition coefficient (Wildman–Crippen LogP) is 2.64. The minimum absolute atomic E-state index is 0.0875. The first kappa shape index (κ1) is 22.4. The Morgan fingerprint density at radius 1 is 1.09 bits per heavy atom. The van der Waals surface area contributed by atoms with Gasteiger partial charge in [0, 0.05) is 29.6 Å². The molecule has 5 rings (SSSR count). The Bertz CT molecular complexity index is 1300. The molecule has 2 aromatic heterocycles. The van der Waals surface area contributed by atoms with Crippen molar-refractivity contribution >= 4 is 39.1 Å². The lowest BCUT2D eigenvalue weighted by Gasteiger charge is -2.19. The molecule has 178 valence electrons. The fraction of sp³-hybridized carbons (Fsp3) is 0.417. The van der Waals surface area contributed by atoms with Crippen LogP contribution in [0.15, 0.2) is 29.3 Å². The van der Waals surface area contributed by atoms with Crippen LogP contribution < -0.4 is 25.7 Å². The Morgan fingerprint density at radius 3 is 2.79 bits per heavy atom. The van der Waals surface area contributed by atoms with Gasteiger partial charge in [-0.3, -0.25) is 19.0 Å². The van der Waals surface area contributed by atoms with Crippen LogP contribution in [0.25, 0.3) is 10.2 Å². The lowest BCUT2D eigenvalue weighted by molar-refractivity contribution is -0.122. The molecule has 34 heavy (non-hydrogen) atoms. The van der Waals surface area contributed by atoms with Crippen LogP contribution in [0.4, 0.5) is 5.69 Å². The number of anilines is 1. The van der Waals surface area contributed by atoms with Crippen LogP contribution in [0, 0.1) is 0 Å². The molecule has 0 saturated carbocycles. The summed E-state index contributed by atoms with van der Waals surface area (Å²) in [5.74, 6) is 0.847. The van der Waals surface area contributed by atoms with Crippen LogP contribution in [0.3, 0.4) is 0 Å². The molecule has 10 heteroatoms. The van der Waals surface area contributed by atoms with E-state index in [9.17, 15) is 14.4 Å². The summed E-state index contributed by atoms with van der Waals surface area (Å²) in [5, 5.41) is 6.28. The van der Waals surface area contributed by atoms with Gasteiger partial charge in [0.1, 0.15) is 24.6 Å². The number of fused-ring (bicyclic) bond motifs is 4. The predicted molar refractivity (Wildman–Crippen MR) is 129 cm³/mol. The minimum atomic E-state index is -0.278. The van der Waals surface area contributed by atoms with Crippen molar-refractivity contribution in [2.24, 2.45) is 0 Å². The molecule has 1 aliphatic carbocycles. The van der Waals surface area contributed by atoms with E-state index in [4.69, 9.17) is 9.47 Å². The second-order valence-corrected chi connectivity index (χ2v) is 9.51. The van der Waals surface area contributed by atoms with Gasteiger partial charge in [-0.25, -0.2) is 4.98 Å². The Kier molecular flexibility index (Phi) is 6.48. The summed E-state index contributed by atoms with van der Waals surface area (Å²) < 4.78 is 12.4. The van der Waals surface area contributed by atoms with Crippen molar-refractivity contribution in [2.45, 2.75) is 45.1 Å². The van der Waals surface area contributed by atoms with Gasteiger partial charge in [-0.05, 0) is 49.8 Å². The Labute approximate surface area is 200 Å². The first-order valence-corrected chi connectivity index (χ1v) is 12.4. The molecule has 2 aliphatic rings. The molecule has 0 unspecified atom stereocenters. The molecule has 0 spiro atoms.